The van der Waals surface area contributed by atoms with Gasteiger partial charge in [-0.15, -0.1) is 0 Å². The third kappa shape index (κ3) is 3.10. The summed E-state index contributed by atoms with van der Waals surface area (Å²) in [5, 5.41) is 2.21. The van der Waals surface area contributed by atoms with Crippen molar-refractivity contribution in [3.63, 3.8) is 0 Å². The second kappa shape index (κ2) is 6.89. The molecule has 3 aromatic heterocycles. The summed E-state index contributed by atoms with van der Waals surface area (Å²) in [6, 6.07) is 9.25. The number of pyridine rings is 1. The SMILES string of the molecule is O=c1[nH]c(CN2CC=C(c3c[nH]c4ncccc34)CC2)nc2ccc(Cl)cc12. The van der Waals surface area contributed by atoms with E-state index in [0.29, 0.717) is 28.3 Å². The number of H-pyrrole nitrogens is 2. The van der Waals surface area contributed by atoms with E-state index < -0.39 is 0 Å². The van der Waals surface area contributed by atoms with Gasteiger partial charge in [-0.3, -0.25) is 9.69 Å². The van der Waals surface area contributed by atoms with Crippen molar-refractivity contribution in [2.45, 2.75) is 13.0 Å². The van der Waals surface area contributed by atoms with E-state index in [1.165, 1.54) is 11.1 Å². The number of hydrogen-bond acceptors (Lipinski definition) is 4. The van der Waals surface area contributed by atoms with E-state index in [2.05, 4.69) is 37.0 Å². The zero-order valence-electron chi connectivity index (χ0n) is 15.1. The van der Waals surface area contributed by atoms with Crippen LogP contribution in [0.1, 0.15) is 17.8 Å². The molecule has 0 bridgehead atoms. The summed E-state index contributed by atoms with van der Waals surface area (Å²) in [6.07, 6.45) is 7.02. The van der Waals surface area contributed by atoms with Gasteiger partial charge in [0.2, 0.25) is 0 Å². The molecular formula is C21H18ClN5O. The van der Waals surface area contributed by atoms with Crippen molar-refractivity contribution in [3.8, 4) is 0 Å². The predicted molar refractivity (Wildman–Crippen MR) is 111 cm³/mol. The molecule has 1 aliphatic rings. The molecular weight excluding hydrogens is 374 g/mol. The fraction of sp³-hybridized carbons (Fsp3) is 0.190. The van der Waals surface area contributed by atoms with Crippen LogP contribution in [0.4, 0.5) is 0 Å². The lowest BCUT2D eigenvalue weighted by Crippen LogP contribution is -2.29. The van der Waals surface area contributed by atoms with E-state index in [1.807, 2.05) is 12.3 Å². The van der Waals surface area contributed by atoms with Crippen molar-refractivity contribution < 1.29 is 0 Å². The number of rotatable bonds is 3. The Morgan fingerprint density at radius 2 is 2.14 bits per heavy atom. The Labute approximate surface area is 165 Å². The lowest BCUT2D eigenvalue weighted by Gasteiger charge is -2.25. The Kier molecular flexibility index (Phi) is 4.22. The second-order valence-corrected chi connectivity index (χ2v) is 7.43. The molecule has 2 N–H and O–H groups in total. The Morgan fingerprint density at radius 3 is 3.00 bits per heavy atom. The molecule has 1 aliphatic heterocycles. The van der Waals surface area contributed by atoms with Crippen LogP contribution in [-0.4, -0.2) is 37.9 Å². The Morgan fingerprint density at radius 1 is 1.21 bits per heavy atom. The lowest BCUT2D eigenvalue weighted by atomic mass is 9.99. The van der Waals surface area contributed by atoms with Crippen LogP contribution in [0.2, 0.25) is 5.02 Å². The highest BCUT2D eigenvalue weighted by Gasteiger charge is 2.17. The molecule has 0 radical (unpaired) electrons. The summed E-state index contributed by atoms with van der Waals surface area (Å²) in [6.45, 7) is 2.32. The minimum Gasteiger partial charge on any atom is -0.346 e. The first kappa shape index (κ1) is 17.2. The third-order valence-electron chi connectivity index (χ3n) is 5.18. The normalized spacial score (nSPS) is 15.2. The van der Waals surface area contributed by atoms with Crippen LogP contribution in [0, 0.1) is 0 Å². The second-order valence-electron chi connectivity index (χ2n) is 6.99. The molecule has 0 spiro atoms. The number of hydrogen-bond donors (Lipinski definition) is 2. The fourth-order valence-corrected chi connectivity index (χ4v) is 3.94. The van der Waals surface area contributed by atoms with Crippen LogP contribution in [0.5, 0.6) is 0 Å². The van der Waals surface area contributed by atoms with Crippen LogP contribution >= 0.6 is 11.6 Å². The Bertz CT molecular complexity index is 1270. The van der Waals surface area contributed by atoms with Crippen LogP contribution in [0.15, 0.2) is 53.6 Å². The maximum absolute atomic E-state index is 12.3. The van der Waals surface area contributed by atoms with Crippen LogP contribution in [0.25, 0.3) is 27.5 Å². The molecule has 140 valence electrons. The van der Waals surface area contributed by atoms with Gasteiger partial charge in [0, 0.05) is 41.5 Å². The largest absolute Gasteiger partial charge is 0.346 e. The van der Waals surface area contributed by atoms with Crippen LogP contribution < -0.4 is 5.56 Å². The molecule has 0 saturated heterocycles. The average Bonchev–Trinajstić information content (AvgIpc) is 3.13. The minimum absolute atomic E-state index is 0.151. The number of nitrogens with one attached hydrogen (secondary N) is 2. The van der Waals surface area contributed by atoms with Gasteiger partial charge < -0.3 is 9.97 Å². The molecule has 0 amide bonds. The molecule has 0 atom stereocenters. The molecule has 28 heavy (non-hydrogen) atoms. The molecule has 4 heterocycles. The molecule has 1 aromatic carbocycles. The molecule has 6 nitrogen and oxygen atoms in total. The molecule has 0 fully saturated rings. The van der Waals surface area contributed by atoms with Crippen molar-refractivity contribution in [1.29, 1.82) is 0 Å². The van der Waals surface area contributed by atoms with Gasteiger partial charge >= 0.3 is 0 Å². The maximum atomic E-state index is 12.3. The highest BCUT2D eigenvalue weighted by Crippen LogP contribution is 2.28. The third-order valence-corrected chi connectivity index (χ3v) is 5.42. The van der Waals surface area contributed by atoms with E-state index >= 15 is 0 Å². The number of benzene rings is 1. The molecule has 7 heteroatoms. The van der Waals surface area contributed by atoms with Crippen molar-refractivity contribution in [1.82, 2.24) is 24.8 Å². The quantitative estimate of drug-likeness (QED) is 0.557. The first-order chi connectivity index (χ1) is 13.7. The number of fused-ring (bicyclic) bond motifs is 2. The van der Waals surface area contributed by atoms with Gasteiger partial charge in [0.15, 0.2) is 0 Å². The highest BCUT2D eigenvalue weighted by molar-refractivity contribution is 6.31. The van der Waals surface area contributed by atoms with Crippen molar-refractivity contribution in [2.75, 3.05) is 13.1 Å². The van der Waals surface area contributed by atoms with Crippen LogP contribution in [0.3, 0.4) is 0 Å². The molecule has 0 unspecified atom stereocenters. The van der Waals surface area contributed by atoms with Gasteiger partial charge in [0.1, 0.15) is 11.5 Å². The summed E-state index contributed by atoms with van der Waals surface area (Å²) < 4.78 is 0. The fourth-order valence-electron chi connectivity index (χ4n) is 3.77. The molecule has 4 aromatic rings. The van der Waals surface area contributed by atoms with Crippen molar-refractivity contribution in [2.24, 2.45) is 0 Å². The summed E-state index contributed by atoms with van der Waals surface area (Å²) in [5.74, 6) is 0.674. The van der Waals surface area contributed by atoms with Gasteiger partial charge in [0.05, 0.1) is 17.4 Å². The number of aromatic amines is 2. The standard InChI is InChI=1S/C21H18ClN5O/c22-14-3-4-18-16(10-14)21(28)26-19(25-18)12-27-8-5-13(6-9-27)17-11-24-20-15(17)2-1-7-23-20/h1-5,7,10-11H,6,8-9,12H2,(H,23,24)(H,25,26,28). The molecule has 5 rings (SSSR count). The predicted octanol–water partition coefficient (Wildman–Crippen LogP) is 3.74. The average molecular weight is 392 g/mol. The maximum Gasteiger partial charge on any atom is 0.258 e. The van der Waals surface area contributed by atoms with Crippen molar-refractivity contribution in [3.05, 3.63) is 75.6 Å². The number of aromatic nitrogens is 4. The zero-order valence-corrected chi connectivity index (χ0v) is 15.8. The monoisotopic (exact) mass is 391 g/mol. The topological polar surface area (TPSA) is 77.7 Å². The molecule has 0 saturated carbocycles. The van der Waals surface area contributed by atoms with Gasteiger partial charge in [-0.05, 0) is 42.3 Å². The van der Waals surface area contributed by atoms with Gasteiger partial charge in [-0.2, -0.15) is 0 Å². The van der Waals surface area contributed by atoms with E-state index in [-0.39, 0.29) is 5.56 Å². The summed E-state index contributed by atoms with van der Waals surface area (Å²) in [4.78, 5) is 29.7. The summed E-state index contributed by atoms with van der Waals surface area (Å²) >= 11 is 5.98. The van der Waals surface area contributed by atoms with Gasteiger partial charge in [-0.25, -0.2) is 9.97 Å². The highest BCUT2D eigenvalue weighted by atomic mass is 35.5. The summed E-state index contributed by atoms with van der Waals surface area (Å²) in [7, 11) is 0. The zero-order chi connectivity index (χ0) is 19.1. The Hall–Kier alpha value is -2.96. The van der Waals surface area contributed by atoms with Gasteiger partial charge in [-0.1, -0.05) is 17.7 Å². The minimum atomic E-state index is -0.151. The smallest absolute Gasteiger partial charge is 0.258 e. The lowest BCUT2D eigenvalue weighted by molar-refractivity contribution is 0.286. The number of nitrogens with zero attached hydrogens (tertiary/aromatic N) is 3. The van der Waals surface area contributed by atoms with Gasteiger partial charge in [0.25, 0.3) is 5.56 Å². The van der Waals surface area contributed by atoms with E-state index in [9.17, 15) is 4.79 Å². The van der Waals surface area contributed by atoms with E-state index in [0.717, 1.165) is 30.5 Å². The Balaban J connectivity index is 1.36. The van der Waals surface area contributed by atoms with E-state index in [4.69, 9.17) is 11.6 Å². The van der Waals surface area contributed by atoms with E-state index in [1.54, 1.807) is 24.4 Å². The summed E-state index contributed by atoms with van der Waals surface area (Å²) in [5.41, 5.74) is 3.98. The number of halogens is 1. The molecule has 0 aliphatic carbocycles. The van der Waals surface area contributed by atoms with Crippen LogP contribution in [-0.2, 0) is 6.54 Å². The first-order valence-electron chi connectivity index (χ1n) is 9.20. The first-order valence-corrected chi connectivity index (χ1v) is 9.57. The van der Waals surface area contributed by atoms with Crippen molar-refractivity contribution >= 4 is 39.1 Å².